The highest BCUT2D eigenvalue weighted by atomic mass is 19.4. The predicted molar refractivity (Wildman–Crippen MR) is 69.0 cm³/mol. The zero-order valence-electron chi connectivity index (χ0n) is 11.8. The van der Waals surface area contributed by atoms with Crippen molar-refractivity contribution in [3.05, 3.63) is 0 Å². The van der Waals surface area contributed by atoms with Crippen LogP contribution in [-0.4, -0.2) is 54.5 Å². The highest BCUT2D eigenvalue weighted by Crippen LogP contribution is 2.33. The topological polar surface area (TPSA) is 35.5 Å². The quantitative estimate of drug-likeness (QED) is 0.782. The summed E-state index contributed by atoms with van der Waals surface area (Å²) in [5.41, 5.74) is -0.524. The third-order valence-electron chi connectivity index (χ3n) is 3.69. The number of rotatable bonds is 6. The van der Waals surface area contributed by atoms with Crippen molar-refractivity contribution in [3.8, 4) is 0 Å². The van der Waals surface area contributed by atoms with Crippen LogP contribution >= 0.6 is 0 Å². The molecule has 0 spiro atoms. The lowest BCUT2D eigenvalue weighted by Gasteiger charge is -2.39. The van der Waals surface area contributed by atoms with E-state index in [1.807, 2.05) is 18.7 Å². The van der Waals surface area contributed by atoms with Crippen LogP contribution < -0.4 is 5.32 Å². The maximum Gasteiger partial charge on any atom is 0.393 e. The Labute approximate surface area is 113 Å². The van der Waals surface area contributed by atoms with Crippen LogP contribution in [0, 0.1) is 5.92 Å². The smallest absolute Gasteiger partial charge is 0.393 e. The van der Waals surface area contributed by atoms with Crippen molar-refractivity contribution in [3.63, 3.8) is 0 Å². The highest BCUT2D eigenvalue weighted by molar-refractivity contribution is 4.88. The summed E-state index contributed by atoms with van der Waals surface area (Å²) in [5, 5.41) is 12.7. The molecule has 114 valence electrons. The van der Waals surface area contributed by atoms with E-state index in [1.54, 1.807) is 0 Å². The molecule has 2 atom stereocenters. The summed E-state index contributed by atoms with van der Waals surface area (Å²) in [5.74, 6) is -1.23. The summed E-state index contributed by atoms with van der Waals surface area (Å²) in [6, 6.07) is 0. The molecule has 0 amide bonds. The molecule has 0 bridgehead atoms. The molecule has 0 aromatic rings. The van der Waals surface area contributed by atoms with Crippen LogP contribution in [0.4, 0.5) is 13.2 Å². The molecular formula is C13H25F3N2O. The monoisotopic (exact) mass is 282 g/mol. The minimum Gasteiger partial charge on any atom is -0.394 e. The zero-order valence-corrected chi connectivity index (χ0v) is 11.8. The van der Waals surface area contributed by atoms with Crippen LogP contribution in [0.25, 0.3) is 0 Å². The average Bonchev–Trinajstić information content (AvgIpc) is 2.36. The lowest BCUT2D eigenvalue weighted by molar-refractivity contribution is -0.187. The van der Waals surface area contributed by atoms with Gasteiger partial charge in [0.05, 0.1) is 18.1 Å². The van der Waals surface area contributed by atoms with Crippen molar-refractivity contribution in [1.29, 1.82) is 0 Å². The van der Waals surface area contributed by atoms with E-state index in [9.17, 15) is 18.3 Å². The van der Waals surface area contributed by atoms with Gasteiger partial charge in [0.1, 0.15) is 0 Å². The molecule has 1 saturated heterocycles. The molecule has 0 aromatic heterocycles. The Kier molecular flexibility index (Phi) is 6.08. The third kappa shape index (κ3) is 5.28. The largest absolute Gasteiger partial charge is 0.394 e. The number of hydrogen-bond donors (Lipinski definition) is 2. The third-order valence-corrected chi connectivity index (χ3v) is 3.69. The number of hydrogen-bond acceptors (Lipinski definition) is 3. The van der Waals surface area contributed by atoms with Gasteiger partial charge >= 0.3 is 6.18 Å². The molecule has 1 aliphatic rings. The molecule has 0 saturated carbocycles. The Bertz CT molecular complexity index is 273. The van der Waals surface area contributed by atoms with E-state index in [0.29, 0.717) is 19.5 Å². The van der Waals surface area contributed by atoms with Gasteiger partial charge in [-0.1, -0.05) is 6.92 Å². The average molecular weight is 282 g/mol. The van der Waals surface area contributed by atoms with E-state index in [1.165, 1.54) is 0 Å². The van der Waals surface area contributed by atoms with E-state index in [4.69, 9.17) is 0 Å². The summed E-state index contributed by atoms with van der Waals surface area (Å²) in [6.45, 7) is 5.75. The second-order valence-electron chi connectivity index (χ2n) is 5.76. The maximum atomic E-state index is 12.7. The van der Waals surface area contributed by atoms with Gasteiger partial charge in [0.25, 0.3) is 0 Å². The van der Waals surface area contributed by atoms with E-state index < -0.39 is 17.6 Å². The predicted octanol–water partition coefficient (Wildman–Crippen LogP) is 2.01. The summed E-state index contributed by atoms with van der Waals surface area (Å²) in [7, 11) is 0. The lowest BCUT2D eigenvalue weighted by Crippen LogP contribution is -2.56. The minimum absolute atomic E-state index is 0.0485. The number of nitrogens with one attached hydrogen (secondary N) is 1. The number of aliphatic hydroxyl groups excluding tert-OH is 1. The summed E-state index contributed by atoms with van der Waals surface area (Å²) < 4.78 is 38.2. The van der Waals surface area contributed by atoms with Crippen LogP contribution in [0.5, 0.6) is 0 Å². The van der Waals surface area contributed by atoms with E-state index in [2.05, 4.69) is 5.32 Å². The van der Waals surface area contributed by atoms with Gasteiger partial charge in [0.2, 0.25) is 0 Å². The van der Waals surface area contributed by atoms with Gasteiger partial charge in [0.15, 0.2) is 0 Å². The molecular weight excluding hydrogens is 257 g/mol. The standard InChI is InChI=1S/C13H25F3N2O/c1-3-6-17-12(2,10-19)9-18-7-4-5-11(8-18)13(14,15)16/h11,17,19H,3-10H2,1-2H3. The number of piperidine rings is 1. The molecule has 3 nitrogen and oxygen atoms in total. The van der Waals surface area contributed by atoms with Crippen molar-refractivity contribution in [2.75, 3.05) is 32.8 Å². The molecule has 0 aromatic carbocycles. The van der Waals surface area contributed by atoms with E-state index in [0.717, 1.165) is 13.0 Å². The first-order chi connectivity index (χ1) is 8.80. The van der Waals surface area contributed by atoms with Gasteiger partial charge in [-0.15, -0.1) is 0 Å². The number of halogens is 3. The van der Waals surface area contributed by atoms with Crippen molar-refractivity contribution in [2.45, 2.75) is 44.8 Å². The molecule has 1 heterocycles. The van der Waals surface area contributed by atoms with Crippen LogP contribution in [0.15, 0.2) is 0 Å². The molecule has 2 unspecified atom stereocenters. The number of aliphatic hydroxyl groups is 1. The lowest BCUT2D eigenvalue weighted by atomic mass is 9.94. The fourth-order valence-corrected chi connectivity index (χ4v) is 2.55. The van der Waals surface area contributed by atoms with Gasteiger partial charge in [-0.05, 0) is 39.3 Å². The first-order valence-electron chi connectivity index (χ1n) is 6.95. The van der Waals surface area contributed by atoms with Crippen molar-refractivity contribution in [1.82, 2.24) is 10.2 Å². The first-order valence-corrected chi connectivity index (χ1v) is 6.95. The van der Waals surface area contributed by atoms with Gasteiger partial charge in [0, 0.05) is 13.1 Å². The molecule has 1 rings (SSSR count). The van der Waals surface area contributed by atoms with E-state index in [-0.39, 0.29) is 19.6 Å². The molecule has 0 radical (unpaired) electrons. The van der Waals surface area contributed by atoms with Crippen LogP contribution in [-0.2, 0) is 0 Å². The van der Waals surface area contributed by atoms with Crippen molar-refractivity contribution >= 4 is 0 Å². The van der Waals surface area contributed by atoms with Gasteiger partial charge in [-0.2, -0.15) is 13.2 Å². The van der Waals surface area contributed by atoms with Gasteiger partial charge < -0.3 is 15.3 Å². The highest BCUT2D eigenvalue weighted by Gasteiger charge is 2.42. The Morgan fingerprint density at radius 1 is 1.37 bits per heavy atom. The zero-order chi connectivity index (χ0) is 14.5. The summed E-state index contributed by atoms with van der Waals surface area (Å²) in [4.78, 5) is 1.82. The Morgan fingerprint density at radius 3 is 2.58 bits per heavy atom. The van der Waals surface area contributed by atoms with Crippen LogP contribution in [0.3, 0.4) is 0 Å². The second-order valence-corrected chi connectivity index (χ2v) is 5.76. The van der Waals surface area contributed by atoms with Crippen LogP contribution in [0.1, 0.15) is 33.1 Å². The fourth-order valence-electron chi connectivity index (χ4n) is 2.55. The first kappa shape index (κ1) is 16.7. The van der Waals surface area contributed by atoms with E-state index >= 15 is 0 Å². The summed E-state index contributed by atoms with van der Waals surface area (Å²) >= 11 is 0. The molecule has 2 N–H and O–H groups in total. The Balaban J connectivity index is 2.55. The normalized spacial score (nSPS) is 25.3. The molecule has 1 aliphatic heterocycles. The second kappa shape index (κ2) is 6.90. The minimum atomic E-state index is -4.11. The maximum absolute atomic E-state index is 12.7. The van der Waals surface area contributed by atoms with Crippen LogP contribution in [0.2, 0.25) is 0 Å². The molecule has 1 fully saturated rings. The number of alkyl halides is 3. The Morgan fingerprint density at radius 2 is 2.05 bits per heavy atom. The van der Waals surface area contributed by atoms with Gasteiger partial charge in [-0.3, -0.25) is 0 Å². The van der Waals surface area contributed by atoms with Crippen molar-refractivity contribution < 1.29 is 18.3 Å². The Hall–Kier alpha value is -0.330. The number of likely N-dealkylation sites (tertiary alicyclic amines) is 1. The summed E-state index contributed by atoms with van der Waals surface area (Å²) in [6.07, 6.45) is -2.39. The molecule has 19 heavy (non-hydrogen) atoms. The number of nitrogens with zero attached hydrogens (tertiary/aromatic N) is 1. The van der Waals surface area contributed by atoms with Gasteiger partial charge in [-0.25, -0.2) is 0 Å². The molecule has 0 aliphatic carbocycles. The SMILES string of the molecule is CCCNC(C)(CO)CN1CCCC(C(F)(F)F)C1. The molecule has 6 heteroatoms. The van der Waals surface area contributed by atoms with Crippen molar-refractivity contribution in [2.24, 2.45) is 5.92 Å². The fraction of sp³-hybridized carbons (Fsp3) is 1.00.